The van der Waals surface area contributed by atoms with Crippen LogP contribution in [0.15, 0.2) is 39.5 Å². The first-order valence-corrected chi connectivity index (χ1v) is 8.75. The molecule has 7 nitrogen and oxygen atoms in total. The minimum atomic E-state index is -3.50. The number of carbonyl (C=O) groups is 1. The average Bonchev–Trinajstić information content (AvgIpc) is 2.93. The average molecular weight is 324 g/mol. The summed E-state index contributed by atoms with van der Waals surface area (Å²) < 4.78 is 26.7. The molecule has 120 valence electrons. The highest BCUT2D eigenvalue weighted by molar-refractivity contribution is 7.89. The van der Waals surface area contributed by atoms with Crippen molar-refractivity contribution >= 4 is 21.6 Å². The Morgan fingerprint density at radius 2 is 1.73 bits per heavy atom. The van der Waals surface area contributed by atoms with Crippen molar-refractivity contribution < 1.29 is 13.2 Å². The van der Waals surface area contributed by atoms with E-state index in [0.29, 0.717) is 18.8 Å². The van der Waals surface area contributed by atoms with Crippen LogP contribution in [0.3, 0.4) is 0 Å². The van der Waals surface area contributed by atoms with Gasteiger partial charge in [0.1, 0.15) is 6.54 Å². The molecule has 0 saturated heterocycles. The van der Waals surface area contributed by atoms with Gasteiger partial charge in [-0.3, -0.25) is 4.79 Å². The first-order chi connectivity index (χ1) is 10.5. The van der Waals surface area contributed by atoms with Crippen molar-refractivity contribution in [2.24, 2.45) is 10.3 Å². The Morgan fingerprint density at radius 1 is 1.14 bits per heavy atom. The molecule has 1 amide bonds. The van der Waals surface area contributed by atoms with Gasteiger partial charge < -0.3 is 0 Å². The van der Waals surface area contributed by atoms with E-state index in [9.17, 15) is 13.2 Å². The second-order valence-electron chi connectivity index (χ2n) is 4.99. The molecule has 1 aromatic rings. The Balaban J connectivity index is 2.24. The summed E-state index contributed by atoms with van der Waals surface area (Å²) >= 11 is 0. The van der Waals surface area contributed by atoms with Crippen molar-refractivity contribution in [3.8, 4) is 0 Å². The third-order valence-electron chi connectivity index (χ3n) is 3.26. The topological polar surface area (TPSA) is 82.4 Å². The SMILES string of the molecule is CCCN(CCC)S(=O)(=O)c1ccc(N2N=NCC2=O)cc1. The van der Waals surface area contributed by atoms with Crippen LogP contribution in [-0.2, 0) is 14.8 Å². The van der Waals surface area contributed by atoms with Crippen LogP contribution in [0.5, 0.6) is 0 Å². The molecule has 0 aliphatic carbocycles. The Labute approximate surface area is 130 Å². The van der Waals surface area contributed by atoms with Crippen molar-refractivity contribution in [3.63, 3.8) is 0 Å². The minimum Gasteiger partial charge on any atom is -0.270 e. The van der Waals surface area contributed by atoms with E-state index in [4.69, 9.17) is 0 Å². The third kappa shape index (κ3) is 3.33. The van der Waals surface area contributed by atoms with Gasteiger partial charge >= 0.3 is 0 Å². The van der Waals surface area contributed by atoms with E-state index in [-0.39, 0.29) is 17.3 Å². The van der Waals surface area contributed by atoms with Gasteiger partial charge in [0.05, 0.1) is 10.6 Å². The lowest BCUT2D eigenvalue weighted by atomic mass is 10.3. The quantitative estimate of drug-likeness (QED) is 0.771. The molecule has 0 bridgehead atoms. The van der Waals surface area contributed by atoms with Crippen LogP contribution in [-0.4, -0.2) is 38.3 Å². The number of amides is 1. The zero-order valence-corrected chi connectivity index (χ0v) is 13.6. The lowest BCUT2D eigenvalue weighted by Crippen LogP contribution is -2.32. The van der Waals surface area contributed by atoms with Crippen molar-refractivity contribution in [1.29, 1.82) is 0 Å². The number of sulfonamides is 1. The van der Waals surface area contributed by atoms with Crippen LogP contribution in [0.2, 0.25) is 0 Å². The molecule has 0 fully saturated rings. The summed E-state index contributed by atoms with van der Waals surface area (Å²) in [5.41, 5.74) is 0.516. The van der Waals surface area contributed by atoms with Crippen LogP contribution >= 0.6 is 0 Å². The number of anilines is 1. The number of rotatable bonds is 7. The highest BCUT2D eigenvalue weighted by atomic mass is 32.2. The number of hydrogen-bond donors (Lipinski definition) is 0. The normalized spacial score (nSPS) is 15.0. The van der Waals surface area contributed by atoms with Crippen molar-refractivity contribution in [3.05, 3.63) is 24.3 Å². The van der Waals surface area contributed by atoms with E-state index in [1.54, 1.807) is 12.1 Å². The largest absolute Gasteiger partial charge is 0.272 e. The van der Waals surface area contributed by atoms with E-state index in [2.05, 4.69) is 10.3 Å². The fraction of sp³-hybridized carbons (Fsp3) is 0.500. The molecule has 0 atom stereocenters. The zero-order valence-electron chi connectivity index (χ0n) is 12.8. The molecule has 0 spiro atoms. The molecule has 0 aromatic heterocycles. The molecule has 0 unspecified atom stereocenters. The molecule has 0 saturated carbocycles. The third-order valence-corrected chi connectivity index (χ3v) is 5.17. The van der Waals surface area contributed by atoms with Crippen LogP contribution in [0.25, 0.3) is 0 Å². The van der Waals surface area contributed by atoms with Gasteiger partial charge in [0.2, 0.25) is 10.0 Å². The Morgan fingerprint density at radius 3 is 2.18 bits per heavy atom. The molecule has 1 heterocycles. The number of benzene rings is 1. The fourth-order valence-corrected chi connectivity index (χ4v) is 3.85. The molecule has 0 radical (unpaired) electrons. The fourth-order valence-electron chi connectivity index (χ4n) is 2.23. The number of hydrogen-bond acceptors (Lipinski definition) is 5. The second kappa shape index (κ2) is 6.97. The maximum atomic E-state index is 12.6. The first-order valence-electron chi connectivity index (χ1n) is 7.31. The van der Waals surface area contributed by atoms with E-state index >= 15 is 0 Å². The Kier molecular flexibility index (Phi) is 5.25. The Hall–Kier alpha value is -1.80. The summed E-state index contributed by atoms with van der Waals surface area (Å²) in [6, 6.07) is 6.16. The smallest absolute Gasteiger partial charge is 0.270 e. The molecular weight excluding hydrogens is 304 g/mol. The summed E-state index contributed by atoms with van der Waals surface area (Å²) in [5, 5.41) is 8.54. The summed E-state index contributed by atoms with van der Waals surface area (Å²) in [6.45, 7) is 4.92. The molecule has 8 heteroatoms. The summed E-state index contributed by atoms with van der Waals surface area (Å²) in [5.74, 6) is -0.228. The molecule has 2 rings (SSSR count). The van der Waals surface area contributed by atoms with Crippen LogP contribution in [0, 0.1) is 0 Å². The van der Waals surface area contributed by atoms with Crippen molar-refractivity contribution in [2.75, 3.05) is 24.6 Å². The zero-order chi connectivity index (χ0) is 16.2. The van der Waals surface area contributed by atoms with Gasteiger partial charge in [0.15, 0.2) is 0 Å². The molecule has 1 aliphatic heterocycles. The first kappa shape index (κ1) is 16.6. The van der Waals surface area contributed by atoms with Crippen LogP contribution in [0.4, 0.5) is 5.69 Å². The molecule has 0 N–H and O–H groups in total. The lowest BCUT2D eigenvalue weighted by molar-refractivity contribution is -0.116. The van der Waals surface area contributed by atoms with Gasteiger partial charge in [0, 0.05) is 13.1 Å². The molecule has 22 heavy (non-hydrogen) atoms. The highest BCUT2D eigenvalue weighted by Gasteiger charge is 2.24. The maximum Gasteiger partial charge on any atom is 0.272 e. The molecule has 1 aliphatic rings. The predicted octanol–water partition coefficient (Wildman–Crippen LogP) is 2.21. The van der Waals surface area contributed by atoms with Gasteiger partial charge in [-0.25, -0.2) is 8.42 Å². The maximum absolute atomic E-state index is 12.6. The summed E-state index contributed by atoms with van der Waals surface area (Å²) in [4.78, 5) is 11.8. The Bertz CT molecular complexity index is 649. The summed E-state index contributed by atoms with van der Waals surface area (Å²) in [6.07, 6.45) is 1.53. The monoisotopic (exact) mass is 324 g/mol. The van der Waals surface area contributed by atoms with E-state index in [1.165, 1.54) is 21.4 Å². The number of carbonyl (C=O) groups excluding carboxylic acids is 1. The van der Waals surface area contributed by atoms with Gasteiger partial charge in [-0.2, -0.15) is 14.4 Å². The number of nitrogens with zero attached hydrogens (tertiary/aromatic N) is 4. The van der Waals surface area contributed by atoms with E-state index in [1.807, 2.05) is 13.8 Å². The second-order valence-corrected chi connectivity index (χ2v) is 6.93. The van der Waals surface area contributed by atoms with Gasteiger partial charge in [-0.05, 0) is 37.1 Å². The van der Waals surface area contributed by atoms with Gasteiger partial charge in [-0.15, -0.1) is 0 Å². The lowest BCUT2D eigenvalue weighted by Gasteiger charge is -2.21. The van der Waals surface area contributed by atoms with E-state index < -0.39 is 10.0 Å². The van der Waals surface area contributed by atoms with Crippen LogP contribution < -0.4 is 5.01 Å². The molecule has 1 aromatic carbocycles. The van der Waals surface area contributed by atoms with E-state index in [0.717, 1.165) is 12.8 Å². The van der Waals surface area contributed by atoms with Gasteiger partial charge in [-0.1, -0.05) is 19.1 Å². The minimum absolute atomic E-state index is 0.0286. The summed E-state index contributed by atoms with van der Waals surface area (Å²) in [7, 11) is -3.50. The highest BCUT2D eigenvalue weighted by Crippen LogP contribution is 2.23. The molecular formula is C14H20N4O3S. The van der Waals surface area contributed by atoms with Gasteiger partial charge in [0.25, 0.3) is 5.91 Å². The van der Waals surface area contributed by atoms with Crippen LogP contribution in [0.1, 0.15) is 26.7 Å². The predicted molar refractivity (Wildman–Crippen MR) is 83.0 cm³/mol. The van der Waals surface area contributed by atoms with Crippen molar-refractivity contribution in [2.45, 2.75) is 31.6 Å². The standard InChI is InChI=1S/C14H20N4O3S/c1-3-9-17(10-4-2)22(20,21)13-7-5-12(6-8-13)18-14(19)11-15-16-18/h5-8H,3-4,9-11H2,1-2H3. The van der Waals surface area contributed by atoms with Crippen molar-refractivity contribution in [1.82, 2.24) is 4.31 Å².